The third-order valence-corrected chi connectivity index (χ3v) is 4.21. The van der Waals surface area contributed by atoms with E-state index in [-0.39, 0.29) is 17.1 Å². The summed E-state index contributed by atoms with van der Waals surface area (Å²) in [5.74, 6) is -0.540. The van der Waals surface area contributed by atoms with Gasteiger partial charge in [-0.2, -0.15) is 0 Å². The SMILES string of the molecule is Nc1cccc(F)c1N1CCCS1(=O)=O. The van der Waals surface area contributed by atoms with Gasteiger partial charge in [0.25, 0.3) is 0 Å². The van der Waals surface area contributed by atoms with Crippen LogP contribution in [0.15, 0.2) is 18.2 Å². The molecule has 0 spiro atoms. The zero-order valence-corrected chi connectivity index (χ0v) is 8.80. The standard InChI is InChI=1S/C9H11FN2O2S/c10-7-3-1-4-8(11)9(7)12-5-2-6-15(12,13)14/h1,3-4H,2,5-6,11H2. The third kappa shape index (κ3) is 1.65. The van der Waals surface area contributed by atoms with E-state index in [0.29, 0.717) is 13.0 Å². The van der Waals surface area contributed by atoms with Crippen molar-refractivity contribution in [3.63, 3.8) is 0 Å². The molecule has 1 aromatic carbocycles. The zero-order valence-electron chi connectivity index (χ0n) is 7.98. The van der Waals surface area contributed by atoms with E-state index < -0.39 is 15.8 Å². The summed E-state index contributed by atoms with van der Waals surface area (Å²) in [4.78, 5) is 0. The van der Waals surface area contributed by atoms with Gasteiger partial charge in [0.05, 0.1) is 11.4 Å². The quantitative estimate of drug-likeness (QED) is 0.730. The molecular formula is C9H11FN2O2S. The molecule has 15 heavy (non-hydrogen) atoms. The minimum atomic E-state index is -3.37. The van der Waals surface area contributed by atoms with Crippen LogP contribution >= 0.6 is 0 Å². The van der Waals surface area contributed by atoms with E-state index in [2.05, 4.69) is 0 Å². The number of hydrogen-bond acceptors (Lipinski definition) is 3. The largest absolute Gasteiger partial charge is 0.397 e. The molecule has 4 nitrogen and oxygen atoms in total. The lowest BCUT2D eigenvalue weighted by atomic mass is 10.2. The van der Waals surface area contributed by atoms with Crippen LogP contribution in [0.1, 0.15) is 6.42 Å². The van der Waals surface area contributed by atoms with Crippen molar-refractivity contribution in [1.82, 2.24) is 0 Å². The highest BCUT2D eigenvalue weighted by Crippen LogP contribution is 2.31. The summed E-state index contributed by atoms with van der Waals surface area (Å²) >= 11 is 0. The molecule has 0 aliphatic carbocycles. The maximum absolute atomic E-state index is 13.5. The minimum Gasteiger partial charge on any atom is -0.397 e. The number of rotatable bonds is 1. The molecule has 0 unspecified atom stereocenters. The van der Waals surface area contributed by atoms with E-state index in [9.17, 15) is 12.8 Å². The van der Waals surface area contributed by atoms with Crippen molar-refractivity contribution >= 4 is 21.4 Å². The number of anilines is 2. The molecule has 0 aromatic heterocycles. The zero-order chi connectivity index (χ0) is 11.1. The summed E-state index contributed by atoms with van der Waals surface area (Å²) in [6.45, 7) is 0.299. The van der Waals surface area contributed by atoms with Gasteiger partial charge in [0.2, 0.25) is 10.0 Å². The van der Waals surface area contributed by atoms with Gasteiger partial charge in [-0.05, 0) is 18.6 Å². The molecule has 1 aliphatic heterocycles. The van der Waals surface area contributed by atoms with E-state index in [0.717, 1.165) is 4.31 Å². The molecule has 1 aliphatic rings. The predicted octanol–water partition coefficient (Wildman–Crippen LogP) is 0.948. The maximum Gasteiger partial charge on any atom is 0.235 e. The Morgan fingerprint density at radius 1 is 1.40 bits per heavy atom. The molecule has 1 heterocycles. The molecule has 6 heteroatoms. The highest BCUT2D eigenvalue weighted by molar-refractivity contribution is 7.93. The van der Waals surface area contributed by atoms with E-state index in [4.69, 9.17) is 5.73 Å². The highest BCUT2D eigenvalue weighted by atomic mass is 32.2. The third-order valence-electron chi connectivity index (χ3n) is 2.37. The molecular weight excluding hydrogens is 219 g/mol. The van der Waals surface area contributed by atoms with Crippen LogP contribution in [0.3, 0.4) is 0 Å². The molecule has 82 valence electrons. The van der Waals surface area contributed by atoms with Crippen molar-refractivity contribution in [1.29, 1.82) is 0 Å². The van der Waals surface area contributed by atoms with Crippen molar-refractivity contribution in [2.75, 3.05) is 22.3 Å². The number of halogens is 1. The second-order valence-electron chi connectivity index (χ2n) is 3.42. The van der Waals surface area contributed by atoms with Crippen LogP contribution in [0.25, 0.3) is 0 Å². The Balaban J connectivity index is 2.55. The van der Waals surface area contributed by atoms with Crippen molar-refractivity contribution in [2.24, 2.45) is 0 Å². The molecule has 2 rings (SSSR count). The molecule has 0 radical (unpaired) electrons. The van der Waals surface area contributed by atoms with Gasteiger partial charge in [-0.1, -0.05) is 6.07 Å². The lowest BCUT2D eigenvalue weighted by Crippen LogP contribution is -2.27. The van der Waals surface area contributed by atoms with Crippen molar-refractivity contribution in [2.45, 2.75) is 6.42 Å². The second-order valence-corrected chi connectivity index (χ2v) is 5.43. The van der Waals surface area contributed by atoms with Gasteiger partial charge in [0.1, 0.15) is 11.5 Å². The van der Waals surface area contributed by atoms with E-state index >= 15 is 0 Å². The van der Waals surface area contributed by atoms with Gasteiger partial charge in [-0.15, -0.1) is 0 Å². The average molecular weight is 230 g/mol. The van der Waals surface area contributed by atoms with Gasteiger partial charge in [-0.3, -0.25) is 4.31 Å². The van der Waals surface area contributed by atoms with Gasteiger partial charge < -0.3 is 5.73 Å². The highest BCUT2D eigenvalue weighted by Gasteiger charge is 2.31. The first-order chi connectivity index (χ1) is 7.02. The van der Waals surface area contributed by atoms with Crippen LogP contribution in [0.4, 0.5) is 15.8 Å². The summed E-state index contributed by atoms with van der Waals surface area (Å²) in [6.07, 6.45) is 0.510. The lowest BCUT2D eigenvalue weighted by Gasteiger charge is -2.19. The van der Waals surface area contributed by atoms with Crippen LogP contribution in [-0.2, 0) is 10.0 Å². The Morgan fingerprint density at radius 2 is 2.13 bits per heavy atom. The molecule has 0 bridgehead atoms. The van der Waals surface area contributed by atoms with Gasteiger partial charge in [0, 0.05) is 6.54 Å². The van der Waals surface area contributed by atoms with Crippen LogP contribution in [0.5, 0.6) is 0 Å². The molecule has 0 saturated carbocycles. The topological polar surface area (TPSA) is 63.4 Å². The Bertz CT molecular complexity index is 467. The van der Waals surface area contributed by atoms with Crippen LogP contribution in [-0.4, -0.2) is 20.7 Å². The summed E-state index contributed by atoms with van der Waals surface area (Å²) in [7, 11) is -3.37. The number of hydrogen-bond donors (Lipinski definition) is 1. The van der Waals surface area contributed by atoms with Gasteiger partial charge in [0.15, 0.2) is 0 Å². The number of nitrogens with zero attached hydrogens (tertiary/aromatic N) is 1. The van der Waals surface area contributed by atoms with Crippen molar-refractivity contribution < 1.29 is 12.8 Å². The normalized spacial score (nSPS) is 19.4. The van der Waals surface area contributed by atoms with E-state index in [1.807, 2.05) is 0 Å². The van der Waals surface area contributed by atoms with Gasteiger partial charge in [-0.25, -0.2) is 12.8 Å². The molecule has 0 amide bonds. The number of sulfonamides is 1. The minimum absolute atomic E-state index is 0.0185. The first-order valence-electron chi connectivity index (χ1n) is 4.57. The fourth-order valence-electron chi connectivity index (χ4n) is 1.69. The Labute approximate surface area is 87.5 Å². The van der Waals surface area contributed by atoms with Crippen LogP contribution < -0.4 is 10.0 Å². The van der Waals surface area contributed by atoms with E-state index in [1.54, 1.807) is 0 Å². The summed E-state index contributed by atoms with van der Waals surface area (Å²) in [6, 6.07) is 4.16. The summed E-state index contributed by atoms with van der Waals surface area (Å²) in [5, 5.41) is 0. The molecule has 1 saturated heterocycles. The number of benzene rings is 1. The average Bonchev–Trinajstić information content (AvgIpc) is 2.46. The maximum atomic E-state index is 13.5. The fourth-order valence-corrected chi connectivity index (χ4v) is 3.28. The fraction of sp³-hybridized carbons (Fsp3) is 0.333. The second kappa shape index (κ2) is 3.37. The smallest absolute Gasteiger partial charge is 0.235 e. The van der Waals surface area contributed by atoms with Crippen molar-refractivity contribution in [3.8, 4) is 0 Å². The number of para-hydroxylation sites is 1. The Morgan fingerprint density at radius 3 is 2.67 bits per heavy atom. The molecule has 0 atom stereocenters. The van der Waals surface area contributed by atoms with Crippen molar-refractivity contribution in [3.05, 3.63) is 24.0 Å². The Hall–Kier alpha value is -1.30. The first kappa shape index (κ1) is 10.2. The van der Waals surface area contributed by atoms with E-state index in [1.165, 1.54) is 18.2 Å². The number of nitrogens with two attached hydrogens (primary N) is 1. The monoisotopic (exact) mass is 230 g/mol. The Kier molecular flexibility index (Phi) is 2.30. The predicted molar refractivity (Wildman–Crippen MR) is 56.6 cm³/mol. The molecule has 1 fully saturated rings. The van der Waals surface area contributed by atoms with Gasteiger partial charge >= 0.3 is 0 Å². The molecule has 1 aromatic rings. The summed E-state index contributed by atoms with van der Waals surface area (Å²) < 4.78 is 37.7. The number of nitrogen functional groups attached to an aromatic ring is 1. The van der Waals surface area contributed by atoms with Crippen LogP contribution in [0.2, 0.25) is 0 Å². The van der Waals surface area contributed by atoms with Crippen LogP contribution in [0, 0.1) is 5.82 Å². The lowest BCUT2D eigenvalue weighted by molar-refractivity contribution is 0.595. The molecule has 2 N–H and O–H groups in total. The first-order valence-corrected chi connectivity index (χ1v) is 6.18. The summed E-state index contributed by atoms with van der Waals surface area (Å²) in [5.41, 5.74) is 5.71.